The molecule has 3 heterocycles. The standard InChI is InChI=1S/C15H21N5O2/c1-4-5-12-17-19-14(22-12)15(21)20-7-6-11-10(8-20)13(9(2)3)18-16-11/h9H,4-8H2,1-3H3,(H,16,18). The maximum Gasteiger partial charge on any atom is 0.311 e. The zero-order valence-corrected chi connectivity index (χ0v) is 13.2. The topological polar surface area (TPSA) is 87.9 Å². The normalized spacial score (nSPS) is 14.5. The van der Waals surface area contributed by atoms with Crippen LogP contribution in [0.5, 0.6) is 0 Å². The third kappa shape index (κ3) is 2.63. The highest BCUT2D eigenvalue weighted by atomic mass is 16.4. The lowest BCUT2D eigenvalue weighted by Gasteiger charge is -2.26. The Bertz CT molecular complexity index is 673. The molecule has 0 spiro atoms. The van der Waals surface area contributed by atoms with Crippen molar-refractivity contribution in [3.05, 3.63) is 28.7 Å². The molecule has 0 radical (unpaired) electrons. The summed E-state index contributed by atoms with van der Waals surface area (Å²) in [5.74, 6) is 0.738. The van der Waals surface area contributed by atoms with Gasteiger partial charge in [-0.15, -0.1) is 10.2 Å². The van der Waals surface area contributed by atoms with Crippen molar-refractivity contribution in [1.82, 2.24) is 25.3 Å². The van der Waals surface area contributed by atoms with Gasteiger partial charge < -0.3 is 9.32 Å². The van der Waals surface area contributed by atoms with Gasteiger partial charge in [0.1, 0.15) is 0 Å². The van der Waals surface area contributed by atoms with Gasteiger partial charge in [-0.1, -0.05) is 20.8 Å². The third-order valence-corrected chi connectivity index (χ3v) is 3.91. The van der Waals surface area contributed by atoms with E-state index in [9.17, 15) is 4.79 Å². The van der Waals surface area contributed by atoms with E-state index < -0.39 is 0 Å². The van der Waals surface area contributed by atoms with Crippen LogP contribution in [0.25, 0.3) is 0 Å². The first-order valence-corrected chi connectivity index (χ1v) is 7.77. The molecule has 1 amide bonds. The molecule has 2 aromatic rings. The van der Waals surface area contributed by atoms with E-state index in [4.69, 9.17) is 4.42 Å². The van der Waals surface area contributed by atoms with Crippen LogP contribution >= 0.6 is 0 Å². The number of aryl methyl sites for hydroxylation is 1. The summed E-state index contributed by atoms with van der Waals surface area (Å²) < 4.78 is 5.45. The summed E-state index contributed by atoms with van der Waals surface area (Å²) in [6.07, 6.45) is 2.38. The number of carbonyl (C=O) groups is 1. The molecule has 0 saturated carbocycles. The van der Waals surface area contributed by atoms with E-state index in [1.807, 2.05) is 6.92 Å². The number of carbonyl (C=O) groups excluding carboxylic acids is 1. The van der Waals surface area contributed by atoms with Crippen molar-refractivity contribution in [2.45, 2.75) is 52.5 Å². The molecule has 0 saturated heterocycles. The molecule has 7 heteroatoms. The summed E-state index contributed by atoms with van der Waals surface area (Å²) in [5, 5.41) is 15.3. The molecule has 1 aliphatic heterocycles. The van der Waals surface area contributed by atoms with Crippen molar-refractivity contribution in [3.63, 3.8) is 0 Å². The molecule has 0 unspecified atom stereocenters. The predicted molar refractivity (Wildman–Crippen MR) is 79.4 cm³/mol. The zero-order valence-electron chi connectivity index (χ0n) is 13.2. The van der Waals surface area contributed by atoms with Crippen molar-refractivity contribution >= 4 is 5.91 Å². The summed E-state index contributed by atoms with van der Waals surface area (Å²) >= 11 is 0. The molecule has 7 nitrogen and oxygen atoms in total. The number of fused-ring (bicyclic) bond motifs is 1. The maximum atomic E-state index is 12.5. The Kier molecular flexibility index (Phi) is 3.96. The van der Waals surface area contributed by atoms with Crippen LogP contribution in [0, 0.1) is 0 Å². The van der Waals surface area contributed by atoms with Crippen LogP contribution in [0.3, 0.4) is 0 Å². The minimum Gasteiger partial charge on any atom is -0.417 e. The summed E-state index contributed by atoms with van der Waals surface area (Å²) in [4.78, 5) is 14.3. The molecule has 0 atom stereocenters. The molecule has 1 aliphatic rings. The number of aromatic nitrogens is 4. The number of hydrogen-bond acceptors (Lipinski definition) is 5. The highest BCUT2D eigenvalue weighted by Gasteiger charge is 2.29. The fourth-order valence-corrected chi connectivity index (χ4v) is 2.76. The lowest BCUT2D eigenvalue weighted by molar-refractivity contribution is 0.0691. The smallest absolute Gasteiger partial charge is 0.311 e. The number of amides is 1. The summed E-state index contributed by atoms with van der Waals surface area (Å²) in [6, 6.07) is 0. The Hall–Kier alpha value is -2.18. The van der Waals surface area contributed by atoms with Crippen molar-refractivity contribution < 1.29 is 9.21 Å². The molecule has 3 rings (SSSR count). The Morgan fingerprint density at radius 2 is 2.23 bits per heavy atom. The predicted octanol–water partition coefficient (Wildman–Crippen LogP) is 2.07. The molecular weight excluding hydrogens is 282 g/mol. The molecule has 0 fully saturated rings. The fourth-order valence-electron chi connectivity index (χ4n) is 2.76. The Morgan fingerprint density at radius 1 is 1.41 bits per heavy atom. The van der Waals surface area contributed by atoms with Gasteiger partial charge in [-0.05, 0) is 12.3 Å². The first-order valence-electron chi connectivity index (χ1n) is 7.77. The molecule has 2 aromatic heterocycles. The highest BCUT2D eigenvalue weighted by Crippen LogP contribution is 2.26. The number of nitrogens with zero attached hydrogens (tertiary/aromatic N) is 4. The molecule has 1 N–H and O–H groups in total. The van der Waals surface area contributed by atoms with E-state index in [0.717, 1.165) is 29.8 Å². The summed E-state index contributed by atoms with van der Waals surface area (Å²) in [6.45, 7) is 7.42. The Balaban J connectivity index is 1.78. The first kappa shape index (κ1) is 14.7. The van der Waals surface area contributed by atoms with Crippen molar-refractivity contribution in [2.75, 3.05) is 6.54 Å². The zero-order chi connectivity index (χ0) is 15.7. The van der Waals surface area contributed by atoms with E-state index >= 15 is 0 Å². The quantitative estimate of drug-likeness (QED) is 0.934. The molecule has 0 aromatic carbocycles. The number of nitrogens with one attached hydrogen (secondary N) is 1. The molecule has 0 bridgehead atoms. The van der Waals surface area contributed by atoms with Crippen molar-refractivity contribution in [1.29, 1.82) is 0 Å². The van der Waals surface area contributed by atoms with E-state index in [-0.39, 0.29) is 11.8 Å². The van der Waals surface area contributed by atoms with Crippen LogP contribution in [0.2, 0.25) is 0 Å². The van der Waals surface area contributed by atoms with Crippen LogP contribution in [-0.2, 0) is 19.4 Å². The average molecular weight is 303 g/mol. The van der Waals surface area contributed by atoms with Gasteiger partial charge in [0.2, 0.25) is 5.89 Å². The van der Waals surface area contributed by atoms with Gasteiger partial charge in [-0.25, -0.2) is 0 Å². The summed E-state index contributed by atoms with van der Waals surface area (Å²) in [7, 11) is 0. The van der Waals surface area contributed by atoms with Gasteiger partial charge in [-0.3, -0.25) is 9.89 Å². The second-order valence-corrected chi connectivity index (χ2v) is 5.95. The van der Waals surface area contributed by atoms with Gasteiger partial charge in [0.05, 0.1) is 5.69 Å². The van der Waals surface area contributed by atoms with Crippen LogP contribution in [-0.4, -0.2) is 37.7 Å². The minimum atomic E-state index is -0.198. The fraction of sp³-hybridized carbons (Fsp3) is 0.600. The van der Waals surface area contributed by atoms with Gasteiger partial charge in [0.15, 0.2) is 0 Å². The van der Waals surface area contributed by atoms with E-state index in [0.29, 0.717) is 31.3 Å². The second kappa shape index (κ2) is 5.90. The third-order valence-electron chi connectivity index (χ3n) is 3.91. The molecular formula is C15H21N5O2. The first-order chi connectivity index (χ1) is 10.6. The number of rotatable bonds is 4. The summed E-state index contributed by atoms with van der Waals surface area (Å²) in [5.41, 5.74) is 3.29. The van der Waals surface area contributed by atoms with Crippen LogP contribution in [0.4, 0.5) is 0 Å². The van der Waals surface area contributed by atoms with Gasteiger partial charge in [0.25, 0.3) is 0 Å². The van der Waals surface area contributed by atoms with Crippen LogP contribution in [0.15, 0.2) is 4.42 Å². The monoisotopic (exact) mass is 303 g/mol. The number of aromatic amines is 1. The van der Waals surface area contributed by atoms with Crippen LogP contribution in [0.1, 0.15) is 66.6 Å². The lowest BCUT2D eigenvalue weighted by Crippen LogP contribution is -2.36. The minimum absolute atomic E-state index is 0.0847. The SMILES string of the molecule is CCCc1nnc(C(=O)N2CCc3[nH]nc(C(C)C)c3C2)o1. The van der Waals surface area contributed by atoms with Gasteiger partial charge in [-0.2, -0.15) is 5.10 Å². The number of H-pyrrole nitrogens is 1. The second-order valence-electron chi connectivity index (χ2n) is 5.95. The Labute approximate surface area is 129 Å². The van der Waals surface area contributed by atoms with E-state index in [1.165, 1.54) is 0 Å². The number of hydrogen-bond donors (Lipinski definition) is 1. The highest BCUT2D eigenvalue weighted by molar-refractivity contribution is 5.89. The van der Waals surface area contributed by atoms with Crippen LogP contribution < -0.4 is 0 Å². The Morgan fingerprint density at radius 3 is 2.95 bits per heavy atom. The lowest BCUT2D eigenvalue weighted by atomic mass is 9.99. The van der Waals surface area contributed by atoms with E-state index in [2.05, 4.69) is 34.2 Å². The van der Waals surface area contributed by atoms with Crippen molar-refractivity contribution in [2.24, 2.45) is 0 Å². The van der Waals surface area contributed by atoms with E-state index in [1.54, 1.807) is 4.90 Å². The maximum absolute atomic E-state index is 12.5. The average Bonchev–Trinajstić information content (AvgIpc) is 3.12. The molecule has 22 heavy (non-hydrogen) atoms. The largest absolute Gasteiger partial charge is 0.417 e. The van der Waals surface area contributed by atoms with Gasteiger partial charge in [0, 0.05) is 37.2 Å². The molecule has 118 valence electrons. The van der Waals surface area contributed by atoms with Gasteiger partial charge >= 0.3 is 11.8 Å². The molecule has 0 aliphatic carbocycles. The van der Waals surface area contributed by atoms with Crippen molar-refractivity contribution in [3.8, 4) is 0 Å².